The molecule has 0 aliphatic heterocycles. The molecule has 0 radical (unpaired) electrons. The van der Waals surface area contributed by atoms with Crippen LogP contribution in [0.25, 0.3) is 0 Å². The zero-order chi connectivity index (χ0) is 8.53. The Kier molecular flexibility index (Phi) is 7.54. The normalized spacial score (nSPS) is 12.9. The molecule has 11 heavy (non-hydrogen) atoms. The second-order valence-corrected chi connectivity index (χ2v) is 3.20. The Morgan fingerprint density at radius 1 is 1.27 bits per heavy atom. The molecule has 0 amide bonds. The molecule has 0 aromatic rings. The maximum absolute atomic E-state index is 6.88. The first-order valence-electron chi connectivity index (χ1n) is 4.84. The van der Waals surface area contributed by atoms with Crippen LogP contribution in [-0.4, -0.2) is 6.21 Å². The molecule has 1 atom stereocenters. The van der Waals surface area contributed by atoms with Gasteiger partial charge in [-0.3, -0.25) is 0 Å². The first-order valence-corrected chi connectivity index (χ1v) is 4.84. The lowest BCUT2D eigenvalue weighted by atomic mass is 9.95. The van der Waals surface area contributed by atoms with Crippen LogP contribution >= 0.6 is 0 Å². The molecule has 0 heterocycles. The van der Waals surface area contributed by atoms with Gasteiger partial charge in [-0.1, -0.05) is 39.5 Å². The number of hydrogen-bond acceptors (Lipinski definition) is 1. The molecular weight excluding hydrogens is 134 g/mol. The summed E-state index contributed by atoms with van der Waals surface area (Å²) < 4.78 is 0. The molecule has 0 aliphatic rings. The highest BCUT2D eigenvalue weighted by Crippen LogP contribution is 2.17. The Bertz CT molecular complexity index is 88.9. The largest absolute Gasteiger partial charge is 0.313 e. The minimum Gasteiger partial charge on any atom is -0.313 e. The average molecular weight is 155 g/mol. The molecule has 1 nitrogen and oxygen atoms in total. The highest BCUT2D eigenvalue weighted by molar-refractivity contribution is 5.52. The van der Waals surface area contributed by atoms with Gasteiger partial charge in [0.1, 0.15) is 0 Å². The third-order valence-corrected chi connectivity index (χ3v) is 2.24. The van der Waals surface area contributed by atoms with Gasteiger partial charge in [0, 0.05) is 0 Å². The van der Waals surface area contributed by atoms with Gasteiger partial charge in [0.05, 0.1) is 0 Å². The third-order valence-electron chi connectivity index (χ3n) is 2.24. The molecule has 0 aliphatic carbocycles. The summed E-state index contributed by atoms with van der Waals surface area (Å²) in [5, 5.41) is 6.88. The van der Waals surface area contributed by atoms with Crippen LogP contribution in [0.15, 0.2) is 0 Å². The van der Waals surface area contributed by atoms with Crippen molar-refractivity contribution in [3.05, 3.63) is 0 Å². The van der Waals surface area contributed by atoms with Crippen LogP contribution < -0.4 is 0 Å². The van der Waals surface area contributed by atoms with E-state index in [4.69, 9.17) is 5.41 Å². The van der Waals surface area contributed by atoms with E-state index in [2.05, 4.69) is 13.8 Å². The molecule has 1 heteroatoms. The van der Waals surface area contributed by atoms with Crippen molar-refractivity contribution >= 4 is 6.21 Å². The van der Waals surface area contributed by atoms with Crippen LogP contribution in [0.5, 0.6) is 0 Å². The molecule has 0 rings (SSSR count). The number of rotatable bonds is 7. The molecule has 0 bridgehead atoms. The van der Waals surface area contributed by atoms with Crippen molar-refractivity contribution < 1.29 is 0 Å². The second kappa shape index (κ2) is 7.77. The van der Waals surface area contributed by atoms with Gasteiger partial charge in [-0.05, 0) is 25.0 Å². The lowest BCUT2D eigenvalue weighted by Crippen LogP contribution is -1.97. The zero-order valence-corrected chi connectivity index (χ0v) is 7.90. The molecule has 0 aromatic heterocycles. The minimum absolute atomic E-state index is 0.917. The molecular formula is C10H21N. The quantitative estimate of drug-likeness (QED) is 0.429. The third kappa shape index (κ3) is 6.08. The molecule has 0 aromatic carbocycles. The Hall–Kier alpha value is -0.330. The predicted octanol–water partition coefficient (Wildman–Crippen LogP) is 3.63. The summed E-state index contributed by atoms with van der Waals surface area (Å²) in [5.41, 5.74) is 0. The summed E-state index contributed by atoms with van der Waals surface area (Å²) in [6, 6.07) is 0. The van der Waals surface area contributed by atoms with Crippen LogP contribution in [-0.2, 0) is 0 Å². The van der Waals surface area contributed by atoms with E-state index in [1.165, 1.54) is 38.3 Å². The van der Waals surface area contributed by atoms with E-state index in [1.54, 1.807) is 0 Å². The zero-order valence-electron chi connectivity index (χ0n) is 7.90. The molecule has 0 saturated heterocycles. The van der Waals surface area contributed by atoms with Crippen LogP contribution in [0.4, 0.5) is 0 Å². The van der Waals surface area contributed by atoms with Crippen molar-refractivity contribution in [1.82, 2.24) is 0 Å². The topological polar surface area (TPSA) is 23.9 Å². The molecule has 0 saturated carbocycles. The van der Waals surface area contributed by atoms with Gasteiger partial charge in [-0.2, -0.15) is 0 Å². The van der Waals surface area contributed by atoms with E-state index in [0.29, 0.717) is 0 Å². The highest BCUT2D eigenvalue weighted by atomic mass is 14.3. The minimum atomic E-state index is 0.917. The Labute approximate surface area is 70.7 Å². The summed E-state index contributed by atoms with van der Waals surface area (Å²) in [4.78, 5) is 0. The Balaban J connectivity index is 3.27. The van der Waals surface area contributed by atoms with Crippen molar-refractivity contribution in [1.29, 1.82) is 5.41 Å². The molecule has 0 spiro atoms. The number of hydrogen-bond donors (Lipinski definition) is 1. The fourth-order valence-corrected chi connectivity index (χ4v) is 1.47. The smallest absolute Gasteiger partial charge is 0.00477 e. The summed E-state index contributed by atoms with van der Waals surface area (Å²) in [5.74, 6) is 0.917. The SMILES string of the molecule is CCCC(CC)CCCC=N. The van der Waals surface area contributed by atoms with E-state index >= 15 is 0 Å². The van der Waals surface area contributed by atoms with E-state index in [-0.39, 0.29) is 0 Å². The van der Waals surface area contributed by atoms with Crippen molar-refractivity contribution in [2.75, 3.05) is 0 Å². The van der Waals surface area contributed by atoms with Gasteiger partial charge in [0.2, 0.25) is 0 Å². The summed E-state index contributed by atoms with van der Waals surface area (Å²) >= 11 is 0. The fraction of sp³-hybridized carbons (Fsp3) is 0.900. The lowest BCUT2D eigenvalue weighted by Gasteiger charge is -2.11. The van der Waals surface area contributed by atoms with Gasteiger partial charge >= 0.3 is 0 Å². The summed E-state index contributed by atoms with van der Waals surface area (Å²) in [6.45, 7) is 4.52. The Morgan fingerprint density at radius 3 is 2.45 bits per heavy atom. The van der Waals surface area contributed by atoms with Crippen molar-refractivity contribution in [3.63, 3.8) is 0 Å². The Morgan fingerprint density at radius 2 is 2.00 bits per heavy atom. The van der Waals surface area contributed by atoms with Gasteiger partial charge in [0.15, 0.2) is 0 Å². The van der Waals surface area contributed by atoms with Crippen molar-refractivity contribution in [2.45, 2.75) is 52.4 Å². The maximum Gasteiger partial charge on any atom is -0.00477 e. The predicted molar refractivity (Wildman–Crippen MR) is 51.3 cm³/mol. The first-order chi connectivity index (χ1) is 5.35. The van der Waals surface area contributed by atoms with Crippen molar-refractivity contribution in [3.8, 4) is 0 Å². The summed E-state index contributed by atoms with van der Waals surface area (Å²) in [6.07, 6.45) is 9.02. The molecule has 1 N–H and O–H groups in total. The first kappa shape index (κ1) is 10.7. The van der Waals surface area contributed by atoms with Crippen LogP contribution in [0.1, 0.15) is 52.4 Å². The lowest BCUT2D eigenvalue weighted by molar-refractivity contribution is 0.423. The number of unbranched alkanes of at least 4 members (excludes halogenated alkanes) is 1. The highest BCUT2D eigenvalue weighted by Gasteiger charge is 2.02. The van der Waals surface area contributed by atoms with E-state index in [0.717, 1.165) is 12.3 Å². The standard InChI is InChI=1S/C10H21N/c1-3-7-10(4-2)8-5-6-9-11/h9-11H,3-8H2,1-2H3. The molecule has 0 fully saturated rings. The fourth-order valence-electron chi connectivity index (χ4n) is 1.47. The summed E-state index contributed by atoms with van der Waals surface area (Å²) in [7, 11) is 0. The van der Waals surface area contributed by atoms with Crippen LogP contribution in [0.3, 0.4) is 0 Å². The van der Waals surface area contributed by atoms with E-state index in [9.17, 15) is 0 Å². The number of nitrogens with one attached hydrogen (secondary N) is 1. The van der Waals surface area contributed by atoms with Gasteiger partial charge < -0.3 is 5.41 Å². The van der Waals surface area contributed by atoms with Crippen LogP contribution in [0.2, 0.25) is 0 Å². The van der Waals surface area contributed by atoms with E-state index < -0.39 is 0 Å². The van der Waals surface area contributed by atoms with Crippen molar-refractivity contribution in [2.24, 2.45) is 5.92 Å². The average Bonchev–Trinajstić information content (AvgIpc) is 2.03. The second-order valence-electron chi connectivity index (χ2n) is 3.20. The van der Waals surface area contributed by atoms with Gasteiger partial charge in [-0.15, -0.1) is 0 Å². The van der Waals surface area contributed by atoms with Gasteiger partial charge in [-0.25, -0.2) is 0 Å². The molecule has 1 unspecified atom stereocenters. The van der Waals surface area contributed by atoms with E-state index in [1.807, 2.05) is 0 Å². The van der Waals surface area contributed by atoms with Gasteiger partial charge in [0.25, 0.3) is 0 Å². The maximum atomic E-state index is 6.88. The van der Waals surface area contributed by atoms with Crippen LogP contribution in [0, 0.1) is 11.3 Å². The molecule has 66 valence electrons. The monoisotopic (exact) mass is 155 g/mol.